The second-order valence-electron chi connectivity index (χ2n) is 12.0. The van der Waals surface area contributed by atoms with E-state index in [1.54, 1.807) is 17.3 Å². The number of hydrogen-bond donors (Lipinski definition) is 3. The third-order valence-electron chi connectivity index (χ3n) is 9.23. The first-order chi connectivity index (χ1) is 21.8. The first-order valence-electron chi connectivity index (χ1n) is 15.4. The molecule has 1 saturated heterocycles. The van der Waals surface area contributed by atoms with Crippen molar-refractivity contribution in [3.8, 4) is 28.4 Å². The van der Waals surface area contributed by atoms with Crippen molar-refractivity contribution in [2.45, 2.75) is 45.2 Å². The Hall–Kier alpha value is -4.84. The lowest BCUT2D eigenvalue weighted by Gasteiger charge is -2.35. The van der Waals surface area contributed by atoms with Gasteiger partial charge in [0.05, 0.1) is 35.8 Å². The standard InChI is InChI=1S/C33H36FN9O2/c1-4-19-14-29(44)24(34)15-23(19)20-5-6-22-26(13-20)39-40-31(22)32-37-25-9-12-43(18-28(25)38-32)33(45)27-16-36-30(17-35-27)42(3)21-7-10-41(2)11-8-21/h5-6,13-17,21,44H,4,7-12,18H2,1-3H3,(H,37,38)(H,39,40). The highest BCUT2D eigenvalue weighted by Crippen LogP contribution is 2.34. The van der Waals surface area contributed by atoms with Crippen molar-refractivity contribution in [3.63, 3.8) is 0 Å². The molecule has 232 valence electrons. The number of carbonyl (C=O) groups is 1. The van der Waals surface area contributed by atoms with Crippen LogP contribution in [0.3, 0.4) is 0 Å². The number of phenolic OH excluding ortho intramolecular Hbond substituents is 1. The third-order valence-corrected chi connectivity index (χ3v) is 9.23. The van der Waals surface area contributed by atoms with Crippen LogP contribution in [0.4, 0.5) is 10.2 Å². The normalized spacial score (nSPS) is 15.9. The van der Waals surface area contributed by atoms with E-state index in [0.717, 1.165) is 70.7 Å². The molecular formula is C33H36FN9O2. The summed E-state index contributed by atoms with van der Waals surface area (Å²) in [6.07, 6.45) is 6.70. The Kier molecular flexibility index (Phi) is 7.44. The monoisotopic (exact) mass is 609 g/mol. The van der Waals surface area contributed by atoms with E-state index in [1.165, 1.54) is 12.1 Å². The molecule has 0 spiro atoms. The molecule has 2 aliphatic rings. The molecule has 5 heterocycles. The Morgan fingerprint density at radius 1 is 1.13 bits per heavy atom. The number of aromatic amines is 2. The number of nitrogens with one attached hydrogen (secondary N) is 2. The van der Waals surface area contributed by atoms with E-state index in [2.05, 4.69) is 42.0 Å². The minimum Gasteiger partial charge on any atom is -0.505 e. The van der Waals surface area contributed by atoms with E-state index in [1.807, 2.05) is 32.2 Å². The Bertz CT molecular complexity index is 1880. The molecule has 3 N–H and O–H groups in total. The van der Waals surface area contributed by atoms with Gasteiger partial charge in [0.2, 0.25) is 0 Å². The zero-order valence-corrected chi connectivity index (χ0v) is 25.6. The van der Waals surface area contributed by atoms with E-state index in [9.17, 15) is 14.3 Å². The number of rotatable bonds is 6. The highest BCUT2D eigenvalue weighted by atomic mass is 19.1. The fraction of sp³-hybridized carbons (Fsp3) is 0.364. The average molecular weight is 610 g/mol. The van der Waals surface area contributed by atoms with Gasteiger partial charge in [-0.05, 0) is 80.4 Å². The van der Waals surface area contributed by atoms with Crippen LogP contribution in [-0.4, -0.2) is 90.7 Å². The van der Waals surface area contributed by atoms with Gasteiger partial charge < -0.3 is 24.8 Å². The Labute approximate surface area is 260 Å². The number of aromatic hydroxyl groups is 1. The summed E-state index contributed by atoms with van der Waals surface area (Å²) in [5.41, 5.74) is 5.98. The summed E-state index contributed by atoms with van der Waals surface area (Å²) in [4.78, 5) is 37.0. The largest absolute Gasteiger partial charge is 0.505 e. The predicted molar refractivity (Wildman–Crippen MR) is 170 cm³/mol. The molecule has 1 fully saturated rings. The van der Waals surface area contributed by atoms with Crippen molar-refractivity contribution in [2.75, 3.05) is 38.6 Å². The van der Waals surface area contributed by atoms with Gasteiger partial charge in [-0.15, -0.1) is 0 Å². The molecule has 1 amide bonds. The zero-order valence-electron chi connectivity index (χ0n) is 25.6. The van der Waals surface area contributed by atoms with Gasteiger partial charge in [-0.1, -0.05) is 13.0 Å². The molecule has 0 radical (unpaired) electrons. The van der Waals surface area contributed by atoms with Crippen LogP contribution < -0.4 is 4.90 Å². The molecule has 0 bridgehead atoms. The first kappa shape index (κ1) is 28.9. The van der Waals surface area contributed by atoms with Crippen LogP contribution in [0.25, 0.3) is 33.5 Å². The smallest absolute Gasteiger partial charge is 0.274 e. The van der Waals surface area contributed by atoms with Crippen molar-refractivity contribution in [2.24, 2.45) is 0 Å². The third kappa shape index (κ3) is 5.39. The number of anilines is 1. The van der Waals surface area contributed by atoms with Crippen LogP contribution in [0.1, 0.15) is 47.2 Å². The minimum atomic E-state index is -0.652. The van der Waals surface area contributed by atoms with Crippen molar-refractivity contribution in [1.29, 1.82) is 0 Å². The Balaban J connectivity index is 1.07. The number of benzene rings is 2. The minimum absolute atomic E-state index is 0.160. The summed E-state index contributed by atoms with van der Waals surface area (Å²) in [5, 5.41) is 18.3. The highest BCUT2D eigenvalue weighted by molar-refractivity contribution is 5.94. The lowest BCUT2D eigenvalue weighted by molar-refractivity contribution is 0.0725. The number of piperidine rings is 1. The van der Waals surface area contributed by atoms with Gasteiger partial charge in [-0.3, -0.25) is 9.89 Å². The van der Waals surface area contributed by atoms with Crippen LogP contribution in [0.15, 0.2) is 42.7 Å². The number of phenols is 1. The summed E-state index contributed by atoms with van der Waals surface area (Å²) in [6.45, 7) is 5.01. The van der Waals surface area contributed by atoms with Crippen LogP contribution in [-0.2, 0) is 19.4 Å². The van der Waals surface area contributed by atoms with Gasteiger partial charge >= 0.3 is 0 Å². The van der Waals surface area contributed by atoms with E-state index in [4.69, 9.17) is 4.98 Å². The quantitative estimate of drug-likeness (QED) is 0.256. The molecule has 5 aromatic rings. The van der Waals surface area contributed by atoms with E-state index < -0.39 is 5.82 Å². The number of fused-ring (bicyclic) bond motifs is 2. The molecule has 0 saturated carbocycles. The first-order valence-corrected chi connectivity index (χ1v) is 15.4. The molecule has 2 aliphatic heterocycles. The summed E-state index contributed by atoms with van der Waals surface area (Å²) in [5.74, 6) is 0.243. The SMILES string of the molecule is CCc1cc(O)c(F)cc1-c1ccc2c(-c3nc4c([nH]3)CN(C(=O)c3cnc(N(C)C5CCN(C)CC5)cn3)CC4)n[nH]c2c1. The van der Waals surface area contributed by atoms with E-state index >= 15 is 0 Å². The molecule has 0 unspecified atom stereocenters. The van der Waals surface area contributed by atoms with Gasteiger partial charge in [0.25, 0.3) is 5.91 Å². The Morgan fingerprint density at radius 2 is 1.96 bits per heavy atom. The number of imidazole rings is 1. The maximum Gasteiger partial charge on any atom is 0.274 e. The van der Waals surface area contributed by atoms with Gasteiger partial charge in [-0.25, -0.2) is 19.3 Å². The molecule has 0 atom stereocenters. The van der Waals surface area contributed by atoms with Gasteiger partial charge in [-0.2, -0.15) is 5.10 Å². The molecule has 12 heteroatoms. The number of halogens is 1. The lowest BCUT2D eigenvalue weighted by Crippen LogP contribution is -2.42. The highest BCUT2D eigenvalue weighted by Gasteiger charge is 2.28. The molecule has 11 nitrogen and oxygen atoms in total. The van der Waals surface area contributed by atoms with Crippen LogP contribution in [0.5, 0.6) is 5.75 Å². The van der Waals surface area contributed by atoms with Crippen LogP contribution in [0.2, 0.25) is 0 Å². The van der Waals surface area contributed by atoms with Crippen LogP contribution in [0, 0.1) is 5.82 Å². The van der Waals surface area contributed by atoms with Crippen molar-refractivity contribution >= 4 is 22.6 Å². The van der Waals surface area contributed by atoms with Gasteiger partial charge in [0.15, 0.2) is 17.4 Å². The topological polar surface area (TPSA) is 130 Å². The number of nitrogens with zero attached hydrogens (tertiary/aromatic N) is 7. The van der Waals surface area contributed by atoms with Gasteiger partial charge in [0, 0.05) is 31.4 Å². The number of aromatic nitrogens is 6. The number of amides is 1. The molecule has 45 heavy (non-hydrogen) atoms. The molecule has 2 aromatic carbocycles. The molecular weight excluding hydrogens is 573 g/mol. The van der Waals surface area contributed by atoms with Crippen molar-refractivity contribution in [3.05, 3.63) is 71.2 Å². The zero-order chi connectivity index (χ0) is 31.2. The van der Waals surface area contributed by atoms with E-state index in [-0.39, 0.29) is 11.7 Å². The fourth-order valence-corrected chi connectivity index (χ4v) is 6.46. The van der Waals surface area contributed by atoms with Crippen molar-refractivity contribution in [1.82, 2.24) is 39.9 Å². The Morgan fingerprint density at radius 3 is 2.71 bits per heavy atom. The average Bonchev–Trinajstić information content (AvgIpc) is 3.69. The molecule has 7 rings (SSSR count). The maximum atomic E-state index is 14.2. The van der Waals surface area contributed by atoms with Crippen LogP contribution >= 0.6 is 0 Å². The predicted octanol–water partition coefficient (Wildman–Crippen LogP) is 4.55. The summed E-state index contributed by atoms with van der Waals surface area (Å²) in [7, 11) is 4.19. The number of aryl methyl sites for hydroxylation is 1. The second kappa shape index (κ2) is 11.6. The number of hydrogen-bond acceptors (Lipinski definition) is 8. The summed E-state index contributed by atoms with van der Waals surface area (Å²) in [6, 6.07) is 9.06. The van der Waals surface area contributed by atoms with E-state index in [0.29, 0.717) is 49.2 Å². The van der Waals surface area contributed by atoms with Gasteiger partial charge in [0.1, 0.15) is 17.2 Å². The molecule has 3 aromatic heterocycles. The lowest BCUT2D eigenvalue weighted by atomic mass is 9.96. The number of carbonyl (C=O) groups excluding carboxylic acids is 1. The summed E-state index contributed by atoms with van der Waals surface area (Å²) >= 11 is 0. The fourth-order valence-electron chi connectivity index (χ4n) is 6.46. The number of H-pyrrole nitrogens is 2. The summed E-state index contributed by atoms with van der Waals surface area (Å²) < 4.78 is 14.2. The second-order valence-corrected chi connectivity index (χ2v) is 12.0. The molecule has 0 aliphatic carbocycles. The van der Waals surface area contributed by atoms with Crippen molar-refractivity contribution < 1.29 is 14.3 Å². The maximum absolute atomic E-state index is 14.2. The number of likely N-dealkylation sites (tertiary alicyclic amines) is 1.